The van der Waals surface area contributed by atoms with E-state index in [0.717, 1.165) is 44.1 Å². The van der Waals surface area contributed by atoms with Crippen molar-refractivity contribution in [3.8, 4) is 0 Å². The van der Waals surface area contributed by atoms with Gasteiger partial charge in [0.15, 0.2) is 0 Å². The molecule has 15 heavy (non-hydrogen) atoms. The predicted molar refractivity (Wildman–Crippen MR) is 64.0 cm³/mol. The second-order valence-corrected chi connectivity index (χ2v) is 4.95. The number of alkyl halides is 1. The average Bonchev–Trinajstić information content (AvgIpc) is 2.67. The fourth-order valence-electron chi connectivity index (χ4n) is 2.01. The third kappa shape index (κ3) is 4.51. The summed E-state index contributed by atoms with van der Waals surface area (Å²) in [4.78, 5) is 13.7. The maximum atomic E-state index is 11.7. The van der Waals surface area contributed by atoms with Crippen LogP contribution in [0.5, 0.6) is 0 Å². The molecular weight excluding hydrogens is 258 g/mol. The lowest BCUT2D eigenvalue weighted by Crippen LogP contribution is -2.28. The van der Waals surface area contributed by atoms with Crippen LogP contribution in [0.15, 0.2) is 0 Å². The zero-order valence-corrected chi connectivity index (χ0v) is 10.7. The smallest absolute Gasteiger partial charge is 0.222 e. The van der Waals surface area contributed by atoms with Gasteiger partial charge in [0.2, 0.25) is 5.91 Å². The fraction of sp³-hybridized carbons (Fsp3) is 0.909. The van der Waals surface area contributed by atoms with Gasteiger partial charge < -0.3 is 10.0 Å². The Morgan fingerprint density at radius 2 is 2.27 bits per heavy atom. The van der Waals surface area contributed by atoms with E-state index in [1.54, 1.807) is 0 Å². The molecule has 0 radical (unpaired) electrons. The molecule has 1 atom stereocenters. The van der Waals surface area contributed by atoms with Gasteiger partial charge in [0, 0.05) is 31.4 Å². The van der Waals surface area contributed by atoms with Crippen molar-refractivity contribution in [3.05, 3.63) is 0 Å². The zero-order chi connectivity index (χ0) is 11.1. The van der Waals surface area contributed by atoms with Crippen LogP contribution in [0.4, 0.5) is 0 Å². The van der Waals surface area contributed by atoms with Crippen molar-refractivity contribution in [1.29, 1.82) is 0 Å². The van der Waals surface area contributed by atoms with Crippen molar-refractivity contribution >= 4 is 21.8 Å². The molecule has 0 aromatic carbocycles. The number of hydrogen-bond acceptors (Lipinski definition) is 2. The first-order chi connectivity index (χ1) is 7.27. The number of unbranched alkanes of at least 4 members (excludes halogenated alkanes) is 1. The molecule has 0 aromatic heterocycles. The van der Waals surface area contributed by atoms with Crippen LogP contribution in [0.2, 0.25) is 0 Å². The van der Waals surface area contributed by atoms with Gasteiger partial charge in [-0.05, 0) is 31.6 Å². The van der Waals surface area contributed by atoms with Crippen LogP contribution >= 0.6 is 15.9 Å². The van der Waals surface area contributed by atoms with E-state index >= 15 is 0 Å². The first kappa shape index (κ1) is 13.0. The van der Waals surface area contributed by atoms with Gasteiger partial charge in [-0.2, -0.15) is 0 Å². The monoisotopic (exact) mass is 277 g/mol. The molecule has 1 amide bonds. The summed E-state index contributed by atoms with van der Waals surface area (Å²) in [5.74, 6) is 0.812. The molecule has 1 heterocycles. The van der Waals surface area contributed by atoms with Gasteiger partial charge in [-0.1, -0.05) is 15.9 Å². The molecule has 1 saturated heterocycles. The van der Waals surface area contributed by atoms with Crippen LogP contribution < -0.4 is 0 Å². The highest BCUT2D eigenvalue weighted by atomic mass is 79.9. The first-order valence-electron chi connectivity index (χ1n) is 5.72. The molecule has 4 heteroatoms. The number of carbonyl (C=O) groups is 1. The maximum Gasteiger partial charge on any atom is 0.222 e. The summed E-state index contributed by atoms with van der Waals surface area (Å²) in [6.07, 6.45) is 4.62. The molecule has 0 bridgehead atoms. The highest BCUT2D eigenvalue weighted by Gasteiger charge is 2.24. The molecule has 1 aliphatic heterocycles. The highest BCUT2D eigenvalue weighted by Crippen LogP contribution is 2.20. The Bertz CT molecular complexity index is 199. The number of halogens is 1. The third-order valence-electron chi connectivity index (χ3n) is 2.95. The number of hydrogen-bond donors (Lipinski definition) is 1. The Morgan fingerprint density at radius 1 is 1.47 bits per heavy atom. The summed E-state index contributed by atoms with van der Waals surface area (Å²) in [7, 11) is 0. The van der Waals surface area contributed by atoms with E-state index in [2.05, 4.69) is 15.9 Å². The van der Waals surface area contributed by atoms with Crippen LogP contribution in [-0.2, 0) is 4.79 Å². The largest absolute Gasteiger partial charge is 0.396 e. The lowest BCUT2D eigenvalue weighted by atomic mass is 10.1. The van der Waals surface area contributed by atoms with Crippen molar-refractivity contribution in [2.24, 2.45) is 5.92 Å². The number of aliphatic hydroxyl groups excluding tert-OH is 1. The second kappa shape index (κ2) is 7.23. The molecule has 1 N–H and O–H groups in total. The molecule has 1 aliphatic rings. The van der Waals surface area contributed by atoms with Crippen LogP contribution in [0, 0.1) is 5.92 Å². The van der Waals surface area contributed by atoms with Gasteiger partial charge in [0.05, 0.1) is 0 Å². The number of amides is 1. The summed E-state index contributed by atoms with van der Waals surface area (Å²) in [6.45, 7) is 1.99. The summed E-state index contributed by atoms with van der Waals surface area (Å²) in [6, 6.07) is 0. The fourth-order valence-corrected chi connectivity index (χ4v) is 2.40. The summed E-state index contributed by atoms with van der Waals surface area (Å²) in [5, 5.41) is 9.80. The van der Waals surface area contributed by atoms with Crippen molar-refractivity contribution in [3.63, 3.8) is 0 Å². The number of carbonyl (C=O) groups excluding carboxylic acids is 1. The van der Waals surface area contributed by atoms with E-state index in [1.165, 1.54) is 0 Å². The van der Waals surface area contributed by atoms with Crippen LogP contribution in [0.3, 0.4) is 0 Å². The molecule has 0 saturated carbocycles. The summed E-state index contributed by atoms with van der Waals surface area (Å²) < 4.78 is 0. The second-order valence-electron chi connectivity index (χ2n) is 4.15. The number of nitrogens with zero attached hydrogens (tertiary/aromatic N) is 1. The number of likely N-dealkylation sites (tertiary alicyclic amines) is 1. The van der Waals surface area contributed by atoms with Crippen molar-refractivity contribution in [2.75, 3.05) is 25.0 Å². The Balaban J connectivity index is 2.18. The lowest BCUT2D eigenvalue weighted by Gasteiger charge is -2.16. The molecule has 1 rings (SSSR count). The Hall–Kier alpha value is -0.0900. The van der Waals surface area contributed by atoms with Crippen LogP contribution in [-0.4, -0.2) is 40.9 Å². The Kier molecular flexibility index (Phi) is 6.25. The SMILES string of the molecule is O=C(CCCCBr)N1CCC(CCO)C1. The molecule has 3 nitrogen and oxygen atoms in total. The third-order valence-corrected chi connectivity index (χ3v) is 3.51. The van der Waals surface area contributed by atoms with Crippen LogP contribution in [0.25, 0.3) is 0 Å². The molecule has 88 valence electrons. The lowest BCUT2D eigenvalue weighted by molar-refractivity contribution is -0.130. The topological polar surface area (TPSA) is 40.5 Å². The van der Waals surface area contributed by atoms with Gasteiger partial charge in [0.25, 0.3) is 0 Å². The van der Waals surface area contributed by atoms with E-state index in [0.29, 0.717) is 12.3 Å². The quantitative estimate of drug-likeness (QED) is 0.594. The van der Waals surface area contributed by atoms with Gasteiger partial charge in [0.1, 0.15) is 0 Å². The predicted octanol–water partition coefficient (Wildman–Crippen LogP) is 1.78. The normalized spacial score (nSPS) is 20.9. The van der Waals surface area contributed by atoms with Gasteiger partial charge in [-0.15, -0.1) is 0 Å². The van der Waals surface area contributed by atoms with Crippen molar-refractivity contribution < 1.29 is 9.90 Å². The van der Waals surface area contributed by atoms with E-state index < -0.39 is 0 Å². The molecule has 0 spiro atoms. The minimum atomic E-state index is 0.246. The van der Waals surface area contributed by atoms with Crippen molar-refractivity contribution in [1.82, 2.24) is 4.90 Å². The van der Waals surface area contributed by atoms with Gasteiger partial charge in [-0.3, -0.25) is 4.79 Å². The van der Waals surface area contributed by atoms with Gasteiger partial charge >= 0.3 is 0 Å². The zero-order valence-electron chi connectivity index (χ0n) is 9.12. The summed E-state index contributed by atoms with van der Waals surface area (Å²) >= 11 is 3.36. The van der Waals surface area contributed by atoms with Crippen LogP contribution in [0.1, 0.15) is 32.1 Å². The molecule has 0 aromatic rings. The average molecular weight is 278 g/mol. The summed E-state index contributed by atoms with van der Waals surface area (Å²) in [5.41, 5.74) is 0. The minimum Gasteiger partial charge on any atom is -0.396 e. The van der Waals surface area contributed by atoms with E-state index in [1.807, 2.05) is 4.90 Å². The Morgan fingerprint density at radius 3 is 2.93 bits per heavy atom. The molecule has 1 fully saturated rings. The molecule has 1 unspecified atom stereocenters. The van der Waals surface area contributed by atoms with E-state index in [4.69, 9.17) is 5.11 Å². The first-order valence-corrected chi connectivity index (χ1v) is 6.84. The Labute approximate surface area is 100.0 Å². The molecular formula is C11H20BrNO2. The van der Waals surface area contributed by atoms with Crippen molar-refractivity contribution in [2.45, 2.75) is 32.1 Å². The number of aliphatic hydroxyl groups is 1. The highest BCUT2D eigenvalue weighted by molar-refractivity contribution is 9.09. The van der Waals surface area contributed by atoms with Gasteiger partial charge in [-0.25, -0.2) is 0 Å². The van der Waals surface area contributed by atoms with E-state index in [-0.39, 0.29) is 12.5 Å². The van der Waals surface area contributed by atoms with E-state index in [9.17, 15) is 4.79 Å². The standard InChI is InChI=1S/C11H20BrNO2/c12-6-2-1-3-11(15)13-7-4-10(9-13)5-8-14/h10,14H,1-9H2. The maximum absolute atomic E-state index is 11.7. The number of rotatable bonds is 6. The molecule has 0 aliphatic carbocycles. The minimum absolute atomic E-state index is 0.246.